The van der Waals surface area contributed by atoms with Gasteiger partial charge in [0.15, 0.2) is 0 Å². The summed E-state index contributed by atoms with van der Waals surface area (Å²) in [5, 5.41) is 1.13. The van der Waals surface area contributed by atoms with Gasteiger partial charge in [0, 0.05) is 22.2 Å². The van der Waals surface area contributed by atoms with E-state index in [0.29, 0.717) is 5.56 Å². The second-order valence-corrected chi connectivity index (χ2v) is 4.55. The third-order valence-corrected chi connectivity index (χ3v) is 3.27. The molecule has 3 rings (SSSR count). The normalized spacial score (nSPS) is 10.6. The number of aryl methyl sites for hydroxylation is 1. The number of rotatable bonds is 2. The van der Waals surface area contributed by atoms with Crippen LogP contribution in [0.5, 0.6) is 0 Å². The van der Waals surface area contributed by atoms with E-state index in [1.807, 2.05) is 49.4 Å². The molecule has 0 aliphatic rings. The Labute approximate surface area is 111 Å². The Kier molecular flexibility index (Phi) is 2.84. The number of fused-ring (bicyclic) bond motifs is 1. The van der Waals surface area contributed by atoms with Crippen LogP contribution in [0.15, 0.2) is 54.6 Å². The fourth-order valence-corrected chi connectivity index (χ4v) is 2.25. The van der Waals surface area contributed by atoms with Crippen molar-refractivity contribution in [2.45, 2.75) is 6.92 Å². The van der Waals surface area contributed by atoms with Gasteiger partial charge in [-0.15, -0.1) is 0 Å². The third-order valence-electron chi connectivity index (χ3n) is 3.27. The molecule has 0 fully saturated rings. The number of aromatic nitrogens is 1. The standard InChI is InChI=1S/C17H13NO/c1-12-16(14-8-6-13(11-19)7-9-14)10-15-4-2-3-5-17(15)18-12/h2-11H,1H3. The number of hydrogen-bond donors (Lipinski definition) is 0. The number of pyridine rings is 1. The van der Waals surface area contributed by atoms with Gasteiger partial charge in [-0.05, 0) is 24.6 Å². The molecule has 0 aliphatic carbocycles. The van der Waals surface area contributed by atoms with Gasteiger partial charge in [-0.1, -0.05) is 42.5 Å². The number of carbonyl (C=O) groups is 1. The Hall–Kier alpha value is -2.48. The molecular formula is C17H13NO. The monoisotopic (exact) mass is 247 g/mol. The lowest BCUT2D eigenvalue weighted by Gasteiger charge is -2.08. The summed E-state index contributed by atoms with van der Waals surface area (Å²) < 4.78 is 0. The molecule has 1 heterocycles. The molecular weight excluding hydrogens is 234 g/mol. The summed E-state index contributed by atoms with van der Waals surface area (Å²) in [5.74, 6) is 0. The molecule has 2 aromatic carbocycles. The van der Waals surface area contributed by atoms with Crippen LogP contribution in [0.2, 0.25) is 0 Å². The summed E-state index contributed by atoms with van der Waals surface area (Å²) in [4.78, 5) is 15.3. The molecule has 92 valence electrons. The summed E-state index contributed by atoms with van der Waals surface area (Å²) in [5.41, 5.74) is 4.89. The van der Waals surface area contributed by atoms with E-state index in [-0.39, 0.29) is 0 Å². The maximum Gasteiger partial charge on any atom is 0.150 e. The van der Waals surface area contributed by atoms with Gasteiger partial charge in [-0.25, -0.2) is 0 Å². The molecule has 2 heteroatoms. The molecule has 0 saturated carbocycles. The lowest BCUT2D eigenvalue weighted by Crippen LogP contribution is -1.90. The van der Waals surface area contributed by atoms with Crippen molar-refractivity contribution in [3.63, 3.8) is 0 Å². The van der Waals surface area contributed by atoms with Crippen molar-refractivity contribution in [1.29, 1.82) is 0 Å². The average Bonchev–Trinajstić information content (AvgIpc) is 2.47. The molecule has 0 N–H and O–H groups in total. The van der Waals surface area contributed by atoms with Crippen molar-refractivity contribution in [2.75, 3.05) is 0 Å². The van der Waals surface area contributed by atoms with Gasteiger partial charge in [-0.2, -0.15) is 0 Å². The molecule has 0 spiro atoms. The molecule has 3 aromatic rings. The molecule has 0 saturated heterocycles. The zero-order chi connectivity index (χ0) is 13.2. The van der Waals surface area contributed by atoms with E-state index in [9.17, 15) is 4.79 Å². The van der Waals surface area contributed by atoms with Crippen LogP contribution in [0.1, 0.15) is 16.1 Å². The number of carbonyl (C=O) groups excluding carboxylic acids is 1. The Balaban J connectivity index is 2.17. The minimum absolute atomic E-state index is 0.690. The summed E-state index contributed by atoms with van der Waals surface area (Å²) in [6.07, 6.45) is 0.856. The van der Waals surface area contributed by atoms with Crippen LogP contribution in [0.3, 0.4) is 0 Å². The second kappa shape index (κ2) is 4.65. The largest absolute Gasteiger partial charge is 0.298 e. The minimum atomic E-state index is 0.690. The number of nitrogens with zero attached hydrogens (tertiary/aromatic N) is 1. The van der Waals surface area contributed by atoms with Crippen LogP contribution >= 0.6 is 0 Å². The quantitative estimate of drug-likeness (QED) is 0.640. The predicted octanol–water partition coefficient (Wildman–Crippen LogP) is 4.02. The van der Waals surface area contributed by atoms with E-state index in [4.69, 9.17) is 0 Å². The molecule has 0 atom stereocenters. The topological polar surface area (TPSA) is 30.0 Å². The fourth-order valence-electron chi connectivity index (χ4n) is 2.25. The third kappa shape index (κ3) is 2.13. The van der Waals surface area contributed by atoms with E-state index >= 15 is 0 Å². The van der Waals surface area contributed by atoms with E-state index < -0.39 is 0 Å². The highest BCUT2D eigenvalue weighted by atomic mass is 16.1. The Morgan fingerprint density at radius 1 is 1.00 bits per heavy atom. The zero-order valence-corrected chi connectivity index (χ0v) is 10.6. The maximum atomic E-state index is 10.7. The maximum absolute atomic E-state index is 10.7. The molecule has 19 heavy (non-hydrogen) atoms. The average molecular weight is 247 g/mol. The first kappa shape index (κ1) is 11.6. The molecule has 0 bridgehead atoms. The van der Waals surface area contributed by atoms with Gasteiger partial charge in [0.05, 0.1) is 5.52 Å². The van der Waals surface area contributed by atoms with Crippen LogP contribution in [0.25, 0.3) is 22.0 Å². The minimum Gasteiger partial charge on any atom is -0.298 e. The lowest BCUT2D eigenvalue weighted by atomic mass is 10.0. The fraction of sp³-hybridized carbons (Fsp3) is 0.0588. The first-order valence-corrected chi connectivity index (χ1v) is 6.20. The summed E-state index contributed by atoms with van der Waals surface area (Å²) >= 11 is 0. The van der Waals surface area contributed by atoms with E-state index in [1.165, 1.54) is 0 Å². The zero-order valence-electron chi connectivity index (χ0n) is 10.6. The van der Waals surface area contributed by atoms with E-state index in [1.54, 1.807) is 0 Å². The van der Waals surface area contributed by atoms with Crippen molar-refractivity contribution in [3.05, 3.63) is 65.9 Å². The Morgan fingerprint density at radius 2 is 1.74 bits per heavy atom. The van der Waals surface area contributed by atoms with Gasteiger partial charge in [-0.3, -0.25) is 9.78 Å². The lowest BCUT2D eigenvalue weighted by molar-refractivity contribution is 0.112. The van der Waals surface area contributed by atoms with Gasteiger partial charge < -0.3 is 0 Å². The van der Waals surface area contributed by atoms with E-state index in [2.05, 4.69) is 17.1 Å². The van der Waals surface area contributed by atoms with Crippen molar-refractivity contribution < 1.29 is 4.79 Å². The highest BCUT2D eigenvalue weighted by molar-refractivity contribution is 5.85. The van der Waals surface area contributed by atoms with Gasteiger partial charge in [0.1, 0.15) is 6.29 Å². The van der Waals surface area contributed by atoms with Gasteiger partial charge >= 0.3 is 0 Å². The van der Waals surface area contributed by atoms with Crippen LogP contribution in [0.4, 0.5) is 0 Å². The first-order chi connectivity index (χ1) is 9.28. The summed E-state index contributed by atoms with van der Waals surface area (Å²) in [6, 6.07) is 17.8. The van der Waals surface area contributed by atoms with Crippen LogP contribution in [-0.2, 0) is 0 Å². The van der Waals surface area contributed by atoms with Gasteiger partial charge in [0.25, 0.3) is 0 Å². The van der Waals surface area contributed by atoms with Crippen molar-refractivity contribution in [2.24, 2.45) is 0 Å². The highest BCUT2D eigenvalue weighted by Gasteiger charge is 2.05. The Bertz CT molecular complexity index is 745. The van der Waals surface area contributed by atoms with Crippen molar-refractivity contribution in [1.82, 2.24) is 4.98 Å². The first-order valence-electron chi connectivity index (χ1n) is 6.20. The molecule has 0 aliphatic heterocycles. The van der Waals surface area contributed by atoms with Crippen LogP contribution in [-0.4, -0.2) is 11.3 Å². The molecule has 1 aromatic heterocycles. The number of benzene rings is 2. The van der Waals surface area contributed by atoms with Crippen molar-refractivity contribution in [3.8, 4) is 11.1 Å². The molecule has 2 nitrogen and oxygen atoms in total. The van der Waals surface area contributed by atoms with Crippen LogP contribution in [0, 0.1) is 6.92 Å². The smallest absolute Gasteiger partial charge is 0.150 e. The Morgan fingerprint density at radius 3 is 2.47 bits per heavy atom. The predicted molar refractivity (Wildman–Crippen MR) is 77.3 cm³/mol. The highest BCUT2D eigenvalue weighted by Crippen LogP contribution is 2.26. The molecule has 0 amide bonds. The molecule has 0 radical (unpaired) electrons. The number of para-hydroxylation sites is 1. The molecule has 0 unspecified atom stereocenters. The van der Waals surface area contributed by atoms with Gasteiger partial charge in [0.2, 0.25) is 0 Å². The summed E-state index contributed by atoms with van der Waals surface area (Å²) in [7, 11) is 0. The second-order valence-electron chi connectivity index (χ2n) is 4.55. The summed E-state index contributed by atoms with van der Waals surface area (Å²) in [6.45, 7) is 2.01. The SMILES string of the molecule is Cc1nc2ccccc2cc1-c1ccc(C=O)cc1. The number of aldehydes is 1. The van der Waals surface area contributed by atoms with Crippen LogP contribution < -0.4 is 0 Å². The van der Waals surface area contributed by atoms with Crippen molar-refractivity contribution >= 4 is 17.2 Å². The number of hydrogen-bond acceptors (Lipinski definition) is 2. The van der Waals surface area contributed by atoms with E-state index in [0.717, 1.165) is 34.0 Å².